The van der Waals surface area contributed by atoms with Gasteiger partial charge in [0.25, 0.3) is 11.4 Å². The lowest BCUT2D eigenvalue weighted by molar-refractivity contribution is -0.393. The van der Waals surface area contributed by atoms with Crippen LogP contribution in [0.4, 0.5) is 17.1 Å². The molecule has 8 heteroatoms. The van der Waals surface area contributed by atoms with Gasteiger partial charge in [-0.2, -0.15) is 0 Å². The van der Waals surface area contributed by atoms with Gasteiger partial charge in [-0.05, 0) is 24.6 Å². The number of hydrogen-bond donors (Lipinski definition) is 1. The molecule has 0 saturated heterocycles. The summed E-state index contributed by atoms with van der Waals surface area (Å²) in [4.78, 5) is 24.5. The first-order valence-electron chi connectivity index (χ1n) is 6.06. The molecule has 0 saturated carbocycles. The Bertz CT molecular complexity index is 702. The maximum absolute atomic E-state index is 11.0. The minimum Gasteiger partial charge on any atom is -0.374 e. The van der Waals surface area contributed by atoms with Crippen LogP contribution in [0.3, 0.4) is 0 Å². The molecule has 1 aromatic carbocycles. The molecule has 108 valence electrons. The molecule has 1 heterocycles. The number of anilines is 1. The molecule has 1 aromatic heterocycles. The van der Waals surface area contributed by atoms with Gasteiger partial charge in [-0.25, -0.2) is 0 Å². The van der Waals surface area contributed by atoms with Gasteiger partial charge >= 0.3 is 0 Å². The summed E-state index contributed by atoms with van der Waals surface area (Å²) in [5.41, 5.74) is 1.27. The largest absolute Gasteiger partial charge is 0.374 e. The monoisotopic (exact) mass is 288 g/mol. The molecule has 2 aromatic rings. The van der Waals surface area contributed by atoms with Crippen LogP contribution in [-0.2, 0) is 6.54 Å². The number of rotatable bonds is 5. The average Bonchev–Trinajstić information content (AvgIpc) is 2.46. The Kier molecular flexibility index (Phi) is 4.07. The average molecular weight is 288 g/mol. The second-order valence-corrected chi connectivity index (χ2v) is 4.34. The SMILES string of the molecule is Cc1cccnc1CNc1ccc([N+](=O)[O-])cc1[N+](=O)[O-]. The number of pyridine rings is 1. The van der Waals surface area contributed by atoms with Crippen molar-refractivity contribution in [2.24, 2.45) is 0 Å². The van der Waals surface area contributed by atoms with Crippen molar-refractivity contribution < 1.29 is 9.85 Å². The van der Waals surface area contributed by atoms with Crippen molar-refractivity contribution >= 4 is 17.1 Å². The topological polar surface area (TPSA) is 111 Å². The van der Waals surface area contributed by atoms with Crippen LogP contribution in [0.1, 0.15) is 11.3 Å². The third kappa shape index (κ3) is 3.30. The maximum Gasteiger partial charge on any atom is 0.299 e. The van der Waals surface area contributed by atoms with E-state index >= 15 is 0 Å². The summed E-state index contributed by atoms with van der Waals surface area (Å²) in [6.45, 7) is 2.18. The smallest absolute Gasteiger partial charge is 0.299 e. The molecular formula is C13H12N4O4. The van der Waals surface area contributed by atoms with E-state index in [1.165, 1.54) is 12.1 Å². The lowest BCUT2D eigenvalue weighted by Crippen LogP contribution is -2.06. The normalized spacial score (nSPS) is 10.1. The summed E-state index contributed by atoms with van der Waals surface area (Å²) < 4.78 is 0. The third-order valence-electron chi connectivity index (χ3n) is 2.95. The van der Waals surface area contributed by atoms with Gasteiger partial charge in [-0.3, -0.25) is 25.2 Å². The highest BCUT2D eigenvalue weighted by molar-refractivity contribution is 5.65. The van der Waals surface area contributed by atoms with Gasteiger partial charge in [-0.1, -0.05) is 6.07 Å². The lowest BCUT2D eigenvalue weighted by Gasteiger charge is -2.08. The molecule has 0 aliphatic rings. The lowest BCUT2D eigenvalue weighted by atomic mass is 10.2. The highest BCUT2D eigenvalue weighted by atomic mass is 16.6. The number of non-ortho nitro benzene ring substituents is 1. The quantitative estimate of drug-likeness (QED) is 0.668. The van der Waals surface area contributed by atoms with Gasteiger partial charge in [-0.15, -0.1) is 0 Å². The third-order valence-corrected chi connectivity index (χ3v) is 2.95. The van der Waals surface area contributed by atoms with Crippen LogP contribution in [0.2, 0.25) is 0 Å². The molecule has 0 spiro atoms. The van der Waals surface area contributed by atoms with Crippen molar-refractivity contribution in [3.63, 3.8) is 0 Å². The molecule has 0 unspecified atom stereocenters. The van der Waals surface area contributed by atoms with Crippen LogP contribution >= 0.6 is 0 Å². The first-order chi connectivity index (χ1) is 9.99. The van der Waals surface area contributed by atoms with Crippen LogP contribution in [0.5, 0.6) is 0 Å². The molecule has 0 atom stereocenters. The summed E-state index contributed by atoms with van der Waals surface area (Å²) in [5.74, 6) is 0. The molecular weight excluding hydrogens is 276 g/mol. The van der Waals surface area contributed by atoms with E-state index in [0.717, 1.165) is 17.3 Å². The Morgan fingerprint density at radius 3 is 2.57 bits per heavy atom. The van der Waals surface area contributed by atoms with Crippen LogP contribution < -0.4 is 5.32 Å². The molecule has 0 aliphatic heterocycles. The van der Waals surface area contributed by atoms with Gasteiger partial charge in [0.15, 0.2) is 0 Å². The molecule has 21 heavy (non-hydrogen) atoms. The van der Waals surface area contributed by atoms with Gasteiger partial charge in [0, 0.05) is 12.3 Å². The second-order valence-electron chi connectivity index (χ2n) is 4.34. The van der Waals surface area contributed by atoms with Crippen molar-refractivity contribution in [1.82, 2.24) is 4.98 Å². The van der Waals surface area contributed by atoms with Gasteiger partial charge in [0.05, 0.1) is 28.2 Å². The number of benzene rings is 1. The Hall–Kier alpha value is -3.03. The summed E-state index contributed by atoms with van der Waals surface area (Å²) in [7, 11) is 0. The Morgan fingerprint density at radius 1 is 1.19 bits per heavy atom. The van der Waals surface area contributed by atoms with Gasteiger partial charge in [0.1, 0.15) is 5.69 Å². The van der Waals surface area contributed by atoms with Crippen molar-refractivity contribution in [2.75, 3.05) is 5.32 Å². The summed E-state index contributed by atoms with van der Waals surface area (Å²) in [6.07, 6.45) is 1.63. The van der Waals surface area contributed by atoms with E-state index in [2.05, 4.69) is 10.3 Å². The van der Waals surface area contributed by atoms with Crippen molar-refractivity contribution in [1.29, 1.82) is 0 Å². The molecule has 1 N–H and O–H groups in total. The molecule has 0 fully saturated rings. The number of nitrogens with zero attached hydrogens (tertiary/aromatic N) is 3. The van der Waals surface area contributed by atoms with Gasteiger partial charge in [0.2, 0.25) is 0 Å². The molecule has 0 bridgehead atoms. The van der Waals surface area contributed by atoms with E-state index in [1.54, 1.807) is 12.3 Å². The number of aryl methyl sites for hydroxylation is 1. The van der Waals surface area contributed by atoms with E-state index in [1.807, 2.05) is 13.0 Å². The predicted octanol–water partition coefficient (Wildman–Crippen LogP) is 2.82. The fraction of sp³-hybridized carbons (Fsp3) is 0.154. The maximum atomic E-state index is 11.0. The number of hydrogen-bond acceptors (Lipinski definition) is 6. The van der Waals surface area contributed by atoms with E-state index in [0.29, 0.717) is 6.54 Å². The summed E-state index contributed by atoms with van der Waals surface area (Å²) in [6, 6.07) is 7.17. The highest BCUT2D eigenvalue weighted by Crippen LogP contribution is 2.29. The van der Waals surface area contributed by atoms with E-state index < -0.39 is 9.85 Å². The zero-order chi connectivity index (χ0) is 15.4. The van der Waals surface area contributed by atoms with Crippen molar-refractivity contribution in [2.45, 2.75) is 13.5 Å². The molecule has 0 aliphatic carbocycles. The highest BCUT2D eigenvalue weighted by Gasteiger charge is 2.19. The van der Waals surface area contributed by atoms with E-state index in [9.17, 15) is 20.2 Å². The molecule has 0 radical (unpaired) electrons. The van der Waals surface area contributed by atoms with E-state index in [-0.39, 0.29) is 17.1 Å². The van der Waals surface area contributed by atoms with Crippen LogP contribution in [0, 0.1) is 27.2 Å². The minimum absolute atomic E-state index is 0.218. The summed E-state index contributed by atoms with van der Waals surface area (Å²) in [5, 5.41) is 24.6. The van der Waals surface area contributed by atoms with Crippen LogP contribution in [0.25, 0.3) is 0 Å². The number of nitrogens with one attached hydrogen (secondary N) is 1. The fourth-order valence-electron chi connectivity index (χ4n) is 1.82. The predicted molar refractivity (Wildman–Crippen MR) is 76.1 cm³/mol. The first kappa shape index (κ1) is 14.4. The van der Waals surface area contributed by atoms with Crippen molar-refractivity contribution in [3.05, 3.63) is 68.0 Å². The van der Waals surface area contributed by atoms with Crippen LogP contribution in [-0.4, -0.2) is 14.8 Å². The molecule has 0 amide bonds. The fourth-order valence-corrected chi connectivity index (χ4v) is 1.82. The van der Waals surface area contributed by atoms with Gasteiger partial charge < -0.3 is 5.32 Å². The Labute approximate surface area is 119 Å². The number of nitro benzene ring substituents is 2. The van der Waals surface area contributed by atoms with E-state index in [4.69, 9.17) is 0 Å². The summed E-state index contributed by atoms with van der Waals surface area (Å²) >= 11 is 0. The van der Waals surface area contributed by atoms with Crippen molar-refractivity contribution in [3.8, 4) is 0 Å². The first-order valence-corrected chi connectivity index (χ1v) is 6.06. The molecule has 2 rings (SSSR count). The Morgan fingerprint density at radius 2 is 1.95 bits per heavy atom. The standard InChI is InChI=1S/C13H12N4O4/c1-9-3-2-6-14-12(9)8-15-11-5-4-10(16(18)19)7-13(11)17(20)21/h2-7,15H,8H2,1H3. The molecule has 8 nitrogen and oxygen atoms in total. The number of nitro groups is 2. The minimum atomic E-state index is -0.667. The zero-order valence-electron chi connectivity index (χ0n) is 11.1. The zero-order valence-corrected chi connectivity index (χ0v) is 11.1. The Balaban J connectivity index is 2.26. The second kappa shape index (κ2) is 5.95. The number of aromatic nitrogens is 1. The van der Waals surface area contributed by atoms with Crippen LogP contribution in [0.15, 0.2) is 36.5 Å².